The Kier molecular flexibility index (Phi) is 5.15. The molecule has 0 saturated heterocycles. The van der Waals surface area contributed by atoms with E-state index in [2.05, 4.69) is 41.1 Å². The van der Waals surface area contributed by atoms with Crippen LogP contribution in [0.15, 0.2) is 10.7 Å². The summed E-state index contributed by atoms with van der Waals surface area (Å²) in [6.45, 7) is 4.23. The van der Waals surface area contributed by atoms with E-state index in [4.69, 9.17) is 5.73 Å². The molecule has 1 unspecified atom stereocenters. The highest BCUT2D eigenvalue weighted by Gasteiger charge is 2.17. The third kappa shape index (κ3) is 3.23. The van der Waals surface area contributed by atoms with E-state index in [0.29, 0.717) is 6.04 Å². The molecule has 0 saturated carbocycles. The fourth-order valence-corrected chi connectivity index (χ4v) is 2.55. The van der Waals surface area contributed by atoms with Crippen LogP contribution in [-0.4, -0.2) is 21.8 Å². The maximum absolute atomic E-state index is 6.16. The minimum absolute atomic E-state index is 0.0664. The van der Waals surface area contributed by atoms with Gasteiger partial charge in [0.15, 0.2) is 0 Å². The van der Waals surface area contributed by atoms with E-state index in [1.807, 2.05) is 22.6 Å². The predicted octanol–water partition coefficient (Wildman–Crippen LogP) is 2.98. The summed E-state index contributed by atoms with van der Waals surface area (Å²) in [4.78, 5) is 0. The zero-order chi connectivity index (χ0) is 11.4. The van der Waals surface area contributed by atoms with E-state index >= 15 is 0 Å². The van der Waals surface area contributed by atoms with Crippen molar-refractivity contribution in [3.8, 4) is 0 Å². The number of hydrogen-bond acceptors (Lipinski definition) is 3. The number of thioether (sulfide) groups is 1. The first-order valence-corrected chi connectivity index (χ1v) is 7.24. The highest BCUT2D eigenvalue weighted by atomic mass is 79.9. The highest BCUT2D eigenvalue weighted by molar-refractivity contribution is 9.10. The summed E-state index contributed by atoms with van der Waals surface area (Å²) in [5.41, 5.74) is 7.27. The Balaban J connectivity index is 2.85. The molecule has 0 spiro atoms. The van der Waals surface area contributed by atoms with Crippen molar-refractivity contribution in [1.29, 1.82) is 0 Å². The number of halogens is 1. The number of nitrogens with two attached hydrogens (primary N) is 1. The lowest BCUT2D eigenvalue weighted by atomic mass is 10.1. The monoisotopic (exact) mass is 291 g/mol. The summed E-state index contributed by atoms with van der Waals surface area (Å²) in [7, 11) is 0. The second-order valence-corrected chi connectivity index (χ2v) is 5.64. The summed E-state index contributed by atoms with van der Waals surface area (Å²) in [5, 5.41) is 4.33. The van der Waals surface area contributed by atoms with Gasteiger partial charge < -0.3 is 5.73 Å². The molecule has 1 aromatic heterocycles. The van der Waals surface area contributed by atoms with Crippen LogP contribution in [0.1, 0.15) is 38.0 Å². The van der Waals surface area contributed by atoms with Crippen LogP contribution in [0.5, 0.6) is 0 Å². The number of hydrogen-bond donors (Lipinski definition) is 1. The molecule has 86 valence electrons. The predicted molar refractivity (Wildman–Crippen MR) is 70.2 cm³/mol. The van der Waals surface area contributed by atoms with Gasteiger partial charge in [0.1, 0.15) is 0 Å². The lowest BCUT2D eigenvalue weighted by Crippen LogP contribution is -2.18. The summed E-state index contributed by atoms with van der Waals surface area (Å²) in [6.07, 6.45) is 4.91. The minimum Gasteiger partial charge on any atom is -0.323 e. The molecule has 1 atom stereocenters. The first kappa shape index (κ1) is 13.1. The van der Waals surface area contributed by atoms with Crippen molar-refractivity contribution in [2.75, 3.05) is 12.0 Å². The zero-order valence-electron chi connectivity index (χ0n) is 9.40. The molecule has 0 aliphatic carbocycles. The van der Waals surface area contributed by atoms with Gasteiger partial charge in [-0.2, -0.15) is 16.9 Å². The standard InChI is InChI=1S/C10H18BrN3S/c1-7(2)14-10(8(11)6-13-14)9(12)4-5-15-3/h6-7,9H,4-5,12H2,1-3H3. The third-order valence-corrected chi connectivity index (χ3v) is 3.52. The van der Waals surface area contributed by atoms with Gasteiger partial charge in [0, 0.05) is 12.1 Å². The largest absolute Gasteiger partial charge is 0.323 e. The van der Waals surface area contributed by atoms with E-state index in [1.54, 1.807) is 0 Å². The lowest BCUT2D eigenvalue weighted by molar-refractivity contribution is 0.482. The molecular formula is C10H18BrN3S. The van der Waals surface area contributed by atoms with Crippen LogP contribution in [0.2, 0.25) is 0 Å². The normalized spacial score (nSPS) is 13.5. The number of aromatic nitrogens is 2. The zero-order valence-corrected chi connectivity index (χ0v) is 11.8. The summed E-state index contributed by atoms with van der Waals surface area (Å²) < 4.78 is 3.01. The molecule has 15 heavy (non-hydrogen) atoms. The maximum atomic E-state index is 6.16. The van der Waals surface area contributed by atoms with Gasteiger partial charge >= 0.3 is 0 Å². The number of rotatable bonds is 5. The molecule has 0 aliphatic rings. The van der Waals surface area contributed by atoms with Crippen LogP contribution in [0.25, 0.3) is 0 Å². The van der Waals surface area contributed by atoms with Crippen molar-refractivity contribution < 1.29 is 0 Å². The van der Waals surface area contributed by atoms with Crippen LogP contribution in [0.4, 0.5) is 0 Å². The first-order valence-electron chi connectivity index (χ1n) is 5.05. The average Bonchev–Trinajstić information content (AvgIpc) is 2.56. The average molecular weight is 292 g/mol. The molecule has 0 aliphatic heterocycles. The first-order chi connectivity index (χ1) is 7.07. The third-order valence-electron chi connectivity index (χ3n) is 2.26. The van der Waals surface area contributed by atoms with E-state index in [0.717, 1.165) is 22.3 Å². The molecule has 3 nitrogen and oxygen atoms in total. The van der Waals surface area contributed by atoms with Gasteiger partial charge in [-0.25, -0.2) is 0 Å². The Morgan fingerprint density at radius 2 is 2.27 bits per heavy atom. The molecule has 0 radical (unpaired) electrons. The second-order valence-electron chi connectivity index (χ2n) is 3.80. The minimum atomic E-state index is 0.0664. The Bertz CT molecular complexity index is 312. The van der Waals surface area contributed by atoms with Gasteiger partial charge in [0.25, 0.3) is 0 Å². The fraction of sp³-hybridized carbons (Fsp3) is 0.700. The van der Waals surface area contributed by atoms with E-state index in [-0.39, 0.29) is 6.04 Å². The van der Waals surface area contributed by atoms with E-state index < -0.39 is 0 Å². The van der Waals surface area contributed by atoms with Gasteiger partial charge in [-0.05, 0) is 48.2 Å². The quantitative estimate of drug-likeness (QED) is 0.907. The van der Waals surface area contributed by atoms with Gasteiger partial charge in [0.2, 0.25) is 0 Å². The van der Waals surface area contributed by atoms with Crippen LogP contribution < -0.4 is 5.73 Å². The molecule has 0 amide bonds. The molecular weight excluding hydrogens is 274 g/mol. The SMILES string of the molecule is CSCCC(N)c1c(Br)cnn1C(C)C. The Morgan fingerprint density at radius 1 is 1.60 bits per heavy atom. The van der Waals surface area contributed by atoms with Crippen LogP contribution in [0.3, 0.4) is 0 Å². The van der Waals surface area contributed by atoms with Crippen LogP contribution in [0, 0.1) is 0 Å². The molecule has 1 aromatic rings. The van der Waals surface area contributed by atoms with Gasteiger partial charge in [-0.1, -0.05) is 0 Å². The Labute approximate surface area is 104 Å². The smallest absolute Gasteiger partial charge is 0.0696 e. The van der Waals surface area contributed by atoms with Crippen molar-refractivity contribution in [2.24, 2.45) is 5.73 Å². The van der Waals surface area contributed by atoms with Crippen molar-refractivity contribution in [3.63, 3.8) is 0 Å². The Hall–Kier alpha value is 0. The molecule has 5 heteroatoms. The van der Waals surface area contributed by atoms with Gasteiger partial charge in [0.05, 0.1) is 16.4 Å². The van der Waals surface area contributed by atoms with Crippen molar-refractivity contribution >= 4 is 27.7 Å². The van der Waals surface area contributed by atoms with Crippen molar-refractivity contribution in [3.05, 3.63) is 16.4 Å². The molecule has 0 aromatic carbocycles. The molecule has 0 bridgehead atoms. The molecule has 2 N–H and O–H groups in total. The van der Waals surface area contributed by atoms with Crippen molar-refractivity contribution in [2.45, 2.75) is 32.4 Å². The van der Waals surface area contributed by atoms with Crippen LogP contribution >= 0.6 is 27.7 Å². The molecule has 1 heterocycles. The van der Waals surface area contributed by atoms with Crippen molar-refractivity contribution in [1.82, 2.24) is 9.78 Å². The van der Waals surface area contributed by atoms with Crippen LogP contribution in [-0.2, 0) is 0 Å². The molecule has 0 fully saturated rings. The molecule has 1 rings (SSSR count). The summed E-state index contributed by atoms with van der Waals surface area (Å²) in [5.74, 6) is 1.08. The highest BCUT2D eigenvalue weighted by Crippen LogP contribution is 2.26. The maximum Gasteiger partial charge on any atom is 0.0696 e. The lowest BCUT2D eigenvalue weighted by Gasteiger charge is -2.17. The Morgan fingerprint density at radius 3 is 2.80 bits per heavy atom. The summed E-state index contributed by atoms with van der Waals surface area (Å²) in [6, 6.07) is 0.420. The van der Waals surface area contributed by atoms with Gasteiger partial charge in [-0.15, -0.1) is 0 Å². The topological polar surface area (TPSA) is 43.8 Å². The van der Waals surface area contributed by atoms with E-state index in [9.17, 15) is 0 Å². The summed E-state index contributed by atoms with van der Waals surface area (Å²) >= 11 is 5.33. The number of nitrogens with zero attached hydrogens (tertiary/aromatic N) is 2. The van der Waals surface area contributed by atoms with E-state index in [1.165, 1.54) is 0 Å². The van der Waals surface area contributed by atoms with Gasteiger partial charge in [-0.3, -0.25) is 4.68 Å². The fourth-order valence-electron chi connectivity index (χ4n) is 1.49. The second kappa shape index (κ2) is 5.92.